The second kappa shape index (κ2) is 10.2. The van der Waals surface area contributed by atoms with Gasteiger partial charge in [-0.05, 0) is 42.7 Å². The summed E-state index contributed by atoms with van der Waals surface area (Å²) >= 11 is 0. The average Bonchev–Trinajstić information content (AvgIpc) is 3.15. The number of aliphatic imine (C=N–C) groups is 1. The van der Waals surface area contributed by atoms with E-state index in [4.69, 9.17) is 4.99 Å². The second-order valence-electron chi connectivity index (χ2n) is 6.72. The minimum absolute atomic E-state index is 0. The maximum atomic E-state index is 4.77. The van der Waals surface area contributed by atoms with E-state index in [-0.39, 0.29) is 24.0 Å². The molecule has 3 N–H and O–H groups in total. The van der Waals surface area contributed by atoms with Crippen molar-refractivity contribution in [2.24, 2.45) is 4.99 Å². The summed E-state index contributed by atoms with van der Waals surface area (Å²) < 4.78 is 0. The zero-order valence-corrected chi connectivity index (χ0v) is 18.8. The van der Waals surface area contributed by atoms with Crippen LogP contribution in [0.3, 0.4) is 0 Å². The molecule has 0 aliphatic rings. The monoisotopic (exact) mass is 499 g/mol. The van der Waals surface area contributed by atoms with Gasteiger partial charge >= 0.3 is 0 Å². The highest BCUT2D eigenvalue weighted by Crippen LogP contribution is 2.18. The molecular formula is C23H26IN5. The Morgan fingerprint density at radius 2 is 1.76 bits per heavy atom. The number of H-pyrrole nitrogens is 1. The van der Waals surface area contributed by atoms with E-state index in [2.05, 4.69) is 64.1 Å². The molecule has 4 aromatic rings. The van der Waals surface area contributed by atoms with E-state index in [1.54, 1.807) is 0 Å². The van der Waals surface area contributed by atoms with Crippen LogP contribution in [0.5, 0.6) is 0 Å². The first kappa shape index (κ1) is 21.1. The van der Waals surface area contributed by atoms with Crippen LogP contribution in [-0.2, 0) is 13.0 Å². The van der Waals surface area contributed by atoms with Gasteiger partial charge in [-0.25, -0.2) is 4.99 Å². The fourth-order valence-corrected chi connectivity index (χ4v) is 3.45. The van der Waals surface area contributed by atoms with Crippen LogP contribution in [0.25, 0.3) is 21.8 Å². The molecule has 4 rings (SSSR count). The second-order valence-corrected chi connectivity index (χ2v) is 6.72. The van der Waals surface area contributed by atoms with Gasteiger partial charge in [-0.3, -0.25) is 4.98 Å². The van der Waals surface area contributed by atoms with Crippen molar-refractivity contribution in [3.8, 4) is 0 Å². The van der Waals surface area contributed by atoms with Crippen molar-refractivity contribution in [2.75, 3.05) is 13.1 Å². The van der Waals surface area contributed by atoms with E-state index in [0.717, 1.165) is 36.4 Å². The summed E-state index contributed by atoms with van der Waals surface area (Å²) in [6.07, 6.45) is 4.89. The molecular weight excluding hydrogens is 473 g/mol. The Labute approximate surface area is 188 Å². The minimum Gasteiger partial charge on any atom is -0.361 e. The molecule has 6 heteroatoms. The molecule has 2 aromatic heterocycles. The van der Waals surface area contributed by atoms with Gasteiger partial charge in [-0.2, -0.15) is 0 Å². The van der Waals surface area contributed by atoms with Gasteiger partial charge in [0.1, 0.15) is 0 Å². The van der Waals surface area contributed by atoms with Crippen molar-refractivity contribution in [2.45, 2.75) is 19.9 Å². The van der Waals surface area contributed by atoms with E-state index in [1.165, 1.54) is 22.0 Å². The van der Waals surface area contributed by atoms with E-state index >= 15 is 0 Å². The largest absolute Gasteiger partial charge is 0.361 e. The predicted molar refractivity (Wildman–Crippen MR) is 132 cm³/mol. The molecule has 0 saturated carbocycles. The Balaban J connectivity index is 0.00000240. The van der Waals surface area contributed by atoms with E-state index in [9.17, 15) is 0 Å². The average molecular weight is 499 g/mol. The number of para-hydroxylation sites is 2. The number of halogens is 1. The highest BCUT2D eigenvalue weighted by atomic mass is 127. The first-order valence-electron chi connectivity index (χ1n) is 9.75. The zero-order valence-electron chi connectivity index (χ0n) is 16.5. The number of fused-ring (bicyclic) bond motifs is 2. The van der Waals surface area contributed by atoms with E-state index in [1.807, 2.05) is 30.5 Å². The van der Waals surface area contributed by atoms with Crippen LogP contribution in [0.2, 0.25) is 0 Å². The quantitative estimate of drug-likeness (QED) is 0.206. The van der Waals surface area contributed by atoms with Crippen LogP contribution >= 0.6 is 24.0 Å². The minimum atomic E-state index is 0. The predicted octanol–water partition coefficient (Wildman–Crippen LogP) is 4.63. The van der Waals surface area contributed by atoms with Gasteiger partial charge in [0, 0.05) is 41.8 Å². The van der Waals surface area contributed by atoms with Crippen molar-refractivity contribution >= 4 is 51.7 Å². The Kier molecular flexibility index (Phi) is 7.46. The van der Waals surface area contributed by atoms with Gasteiger partial charge in [0.2, 0.25) is 0 Å². The lowest BCUT2D eigenvalue weighted by Crippen LogP contribution is -2.38. The van der Waals surface area contributed by atoms with Crippen molar-refractivity contribution in [1.82, 2.24) is 20.6 Å². The van der Waals surface area contributed by atoms with Crippen molar-refractivity contribution in [3.05, 3.63) is 78.1 Å². The maximum Gasteiger partial charge on any atom is 0.191 e. The zero-order chi connectivity index (χ0) is 19.2. The molecule has 150 valence electrons. The third kappa shape index (κ3) is 5.06. The number of hydrogen-bond donors (Lipinski definition) is 3. The van der Waals surface area contributed by atoms with Gasteiger partial charge in [0.05, 0.1) is 12.1 Å². The van der Waals surface area contributed by atoms with Gasteiger partial charge in [-0.15, -0.1) is 24.0 Å². The third-order valence-electron chi connectivity index (χ3n) is 4.85. The number of rotatable bonds is 6. The lowest BCUT2D eigenvalue weighted by molar-refractivity contribution is 0.802. The lowest BCUT2D eigenvalue weighted by Gasteiger charge is -2.11. The van der Waals surface area contributed by atoms with Crippen LogP contribution in [-0.4, -0.2) is 29.0 Å². The van der Waals surface area contributed by atoms with Crippen molar-refractivity contribution in [1.29, 1.82) is 0 Å². The van der Waals surface area contributed by atoms with Gasteiger partial charge < -0.3 is 15.6 Å². The molecule has 0 fully saturated rings. The SMILES string of the molecule is CCNC(=NCc1ccnc2ccccc12)NCCc1c[nH]c2ccccc12.I. The Bertz CT molecular complexity index is 1100. The molecule has 0 atom stereocenters. The van der Waals surface area contributed by atoms with Crippen LogP contribution in [0, 0.1) is 0 Å². The molecule has 0 aliphatic carbocycles. The molecule has 29 heavy (non-hydrogen) atoms. The maximum absolute atomic E-state index is 4.77. The smallest absolute Gasteiger partial charge is 0.191 e. The third-order valence-corrected chi connectivity index (χ3v) is 4.85. The number of nitrogens with one attached hydrogen (secondary N) is 3. The molecule has 0 saturated heterocycles. The number of aromatic amines is 1. The summed E-state index contributed by atoms with van der Waals surface area (Å²) in [6, 6.07) is 18.6. The number of guanidine groups is 1. The molecule has 0 unspecified atom stereocenters. The summed E-state index contributed by atoms with van der Waals surface area (Å²) in [5, 5.41) is 9.23. The van der Waals surface area contributed by atoms with Crippen molar-refractivity contribution in [3.63, 3.8) is 0 Å². The summed E-state index contributed by atoms with van der Waals surface area (Å²) in [4.78, 5) is 12.5. The van der Waals surface area contributed by atoms with Crippen LogP contribution in [0.1, 0.15) is 18.1 Å². The lowest BCUT2D eigenvalue weighted by atomic mass is 10.1. The van der Waals surface area contributed by atoms with E-state index < -0.39 is 0 Å². The molecule has 0 aliphatic heterocycles. The van der Waals surface area contributed by atoms with Crippen LogP contribution in [0.15, 0.2) is 72.0 Å². The molecule has 2 aromatic carbocycles. The Morgan fingerprint density at radius 1 is 0.966 bits per heavy atom. The molecule has 0 radical (unpaired) electrons. The fourth-order valence-electron chi connectivity index (χ4n) is 3.45. The Hall–Kier alpha value is -2.61. The Morgan fingerprint density at radius 3 is 2.62 bits per heavy atom. The van der Waals surface area contributed by atoms with Gasteiger partial charge in [0.15, 0.2) is 5.96 Å². The molecule has 2 heterocycles. The summed E-state index contributed by atoms with van der Waals surface area (Å²) in [5.74, 6) is 0.836. The molecule has 0 bridgehead atoms. The van der Waals surface area contributed by atoms with Crippen molar-refractivity contribution < 1.29 is 0 Å². The number of nitrogens with zero attached hydrogens (tertiary/aromatic N) is 2. The topological polar surface area (TPSA) is 65.1 Å². The molecule has 0 amide bonds. The molecule has 5 nitrogen and oxygen atoms in total. The summed E-state index contributed by atoms with van der Waals surface area (Å²) in [6.45, 7) is 4.35. The highest BCUT2D eigenvalue weighted by Gasteiger charge is 2.05. The normalized spacial score (nSPS) is 11.4. The summed E-state index contributed by atoms with van der Waals surface area (Å²) in [7, 11) is 0. The van der Waals surface area contributed by atoms with E-state index in [0.29, 0.717) is 6.54 Å². The number of benzene rings is 2. The molecule has 0 spiro atoms. The van der Waals surface area contributed by atoms with Gasteiger partial charge in [0.25, 0.3) is 0 Å². The number of hydrogen-bond acceptors (Lipinski definition) is 2. The first-order valence-corrected chi connectivity index (χ1v) is 9.75. The number of aromatic nitrogens is 2. The number of pyridine rings is 1. The summed E-state index contributed by atoms with van der Waals surface area (Å²) in [5.41, 5.74) is 4.69. The standard InChI is InChI=1S/C23H25N5.HI/c1-2-24-23(26-14-12-17-15-27-22-10-6-4-8-20(17)22)28-16-18-11-13-25-21-9-5-3-7-19(18)21;/h3-11,13,15,27H,2,12,14,16H2,1H3,(H2,24,26,28);1H. The fraction of sp³-hybridized carbons (Fsp3) is 0.217. The van der Waals surface area contributed by atoms with Crippen LogP contribution < -0.4 is 10.6 Å². The highest BCUT2D eigenvalue weighted by molar-refractivity contribution is 14.0. The van der Waals surface area contributed by atoms with Crippen LogP contribution in [0.4, 0.5) is 0 Å². The first-order chi connectivity index (χ1) is 13.8. The van der Waals surface area contributed by atoms with Gasteiger partial charge in [-0.1, -0.05) is 36.4 Å².